The first-order valence-corrected chi connectivity index (χ1v) is 6.20. The number of methoxy groups -OCH3 is 1. The number of ketones is 1. The molecule has 3 nitrogen and oxygen atoms in total. The summed E-state index contributed by atoms with van der Waals surface area (Å²) in [4.78, 5) is 11.5. The Balaban J connectivity index is 2.04. The van der Waals surface area contributed by atoms with Gasteiger partial charge in [0.25, 0.3) is 0 Å². The summed E-state index contributed by atoms with van der Waals surface area (Å²) >= 11 is 0. The molecular formula is C15H16O3. The van der Waals surface area contributed by atoms with Crippen LogP contribution in [0.15, 0.2) is 30.0 Å². The molecule has 3 heteroatoms. The van der Waals surface area contributed by atoms with Crippen LogP contribution in [0.3, 0.4) is 0 Å². The Hall–Kier alpha value is -1.77. The summed E-state index contributed by atoms with van der Waals surface area (Å²) in [7, 11) is 1.66. The Bertz CT molecular complexity index is 545. The lowest BCUT2D eigenvalue weighted by Gasteiger charge is -2.38. The van der Waals surface area contributed by atoms with E-state index in [1.165, 1.54) is 0 Å². The SMILES string of the molecule is COc1ccc2c(c1)CC1(C)CCC(=O)C=C1O2. The van der Waals surface area contributed by atoms with Crippen LogP contribution in [0, 0.1) is 5.41 Å². The topological polar surface area (TPSA) is 35.5 Å². The predicted molar refractivity (Wildman–Crippen MR) is 67.8 cm³/mol. The van der Waals surface area contributed by atoms with Crippen molar-refractivity contribution in [3.63, 3.8) is 0 Å². The van der Waals surface area contributed by atoms with Gasteiger partial charge in [0.2, 0.25) is 0 Å². The van der Waals surface area contributed by atoms with Crippen LogP contribution in [0.2, 0.25) is 0 Å². The summed E-state index contributed by atoms with van der Waals surface area (Å²) < 4.78 is 11.1. The first-order valence-electron chi connectivity index (χ1n) is 6.20. The van der Waals surface area contributed by atoms with Crippen molar-refractivity contribution in [1.29, 1.82) is 0 Å². The summed E-state index contributed by atoms with van der Waals surface area (Å²) in [5.41, 5.74) is 1.11. The van der Waals surface area contributed by atoms with Gasteiger partial charge < -0.3 is 9.47 Å². The van der Waals surface area contributed by atoms with Crippen molar-refractivity contribution in [3.05, 3.63) is 35.6 Å². The van der Waals surface area contributed by atoms with E-state index >= 15 is 0 Å². The molecule has 0 spiro atoms. The van der Waals surface area contributed by atoms with Gasteiger partial charge in [-0.25, -0.2) is 0 Å². The van der Waals surface area contributed by atoms with E-state index in [4.69, 9.17) is 9.47 Å². The van der Waals surface area contributed by atoms with Crippen molar-refractivity contribution in [3.8, 4) is 11.5 Å². The molecule has 0 amide bonds. The largest absolute Gasteiger partial charge is 0.497 e. The molecule has 0 saturated heterocycles. The lowest BCUT2D eigenvalue weighted by atomic mass is 9.73. The molecule has 0 N–H and O–H groups in total. The number of hydrogen-bond acceptors (Lipinski definition) is 3. The highest BCUT2D eigenvalue weighted by Gasteiger charge is 2.39. The van der Waals surface area contributed by atoms with Crippen LogP contribution < -0.4 is 9.47 Å². The molecule has 94 valence electrons. The van der Waals surface area contributed by atoms with Crippen LogP contribution in [0.1, 0.15) is 25.3 Å². The molecule has 0 aromatic heterocycles. The highest BCUT2D eigenvalue weighted by Crippen LogP contribution is 2.46. The highest BCUT2D eigenvalue weighted by atomic mass is 16.5. The second-order valence-corrected chi connectivity index (χ2v) is 5.29. The Labute approximate surface area is 106 Å². The maximum absolute atomic E-state index is 11.5. The minimum Gasteiger partial charge on any atom is -0.497 e. The maximum Gasteiger partial charge on any atom is 0.159 e. The molecule has 1 atom stereocenters. The fraction of sp³-hybridized carbons (Fsp3) is 0.400. The average Bonchev–Trinajstić information content (AvgIpc) is 2.36. The number of carbonyl (C=O) groups is 1. The lowest BCUT2D eigenvalue weighted by molar-refractivity contribution is -0.116. The number of ether oxygens (including phenoxy) is 2. The van der Waals surface area contributed by atoms with E-state index in [1.54, 1.807) is 13.2 Å². The molecule has 1 unspecified atom stereocenters. The molecule has 0 fully saturated rings. The van der Waals surface area contributed by atoms with E-state index in [9.17, 15) is 4.79 Å². The first kappa shape index (κ1) is 11.3. The summed E-state index contributed by atoms with van der Waals surface area (Å²) in [5.74, 6) is 2.67. The molecule has 1 aromatic carbocycles. The molecule has 1 aromatic rings. The fourth-order valence-corrected chi connectivity index (χ4v) is 2.70. The molecule has 0 saturated carbocycles. The minimum absolute atomic E-state index is 0.0483. The molecule has 1 aliphatic heterocycles. The summed E-state index contributed by atoms with van der Waals surface area (Å²) in [6.45, 7) is 2.16. The molecule has 2 aliphatic rings. The van der Waals surface area contributed by atoms with Gasteiger partial charge in [-0.1, -0.05) is 6.92 Å². The van der Waals surface area contributed by atoms with Crippen molar-refractivity contribution >= 4 is 5.78 Å². The summed E-state index contributed by atoms with van der Waals surface area (Å²) in [5, 5.41) is 0. The first-order chi connectivity index (χ1) is 8.60. The van der Waals surface area contributed by atoms with Gasteiger partial charge in [-0.2, -0.15) is 0 Å². The van der Waals surface area contributed by atoms with Crippen molar-refractivity contribution in [1.82, 2.24) is 0 Å². The van der Waals surface area contributed by atoms with Crippen LogP contribution >= 0.6 is 0 Å². The van der Waals surface area contributed by atoms with Crippen molar-refractivity contribution in [2.75, 3.05) is 7.11 Å². The van der Waals surface area contributed by atoms with Crippen molar-refractivity contribution in [2.24, 2.45) is 5.41 Å². The van der Waals surface area contributed by atoms with Crippen LogP contribution in [-0.2, 0) is 11.2 Å². The monoisotopic (exact) mass is 244 g/mol. The van der Waals surface area contributed by atoms with Gasteiger partial charge in [0.05, 0.1) is 7.11 Å². The molecule has 1 heterocycles. The number of rotatable bonds is 1. The number of fused-ring (bicyclic) bond motifs is 2. The number of carbonyl (C=O) groups excluding carboxylic acids is 1. The summed E-state index contributed by atoms with van der Waals surface area (Å²) in [6.07, 6.45) is 4.03. The van der Waals surface area contributed by atoms with E-state index in [0.717, 1.165) is 35.7 Å². The van der Waals surface area contributed by atoms with Crippen LogP contribution in [0.25, 0.3) is 0 Å². The number of allylic oxidation sites excluding steroid dienone is 2. The Morgan fingerprint density at radius 2 is 2.22 bits per heavy atom. The zero-order chi connectivity index (χ0) is 12.8. The second kappa shape index (κ2) is 3.87. The highest BCUT2D eigenvalue weighted by molar-refractivity contribution is 5.91. The van der Waals surface area contributed by atoms with Gasteiger partial charge >= 0.3 is 0 Å². The zero-order valence-corrected chi connectivity index (χ0v) is 10.7. The zero-order valence-electron chi connectivity index (χ0n) is 10.7. The Kier molecular flexibility index (Phi) is 2.44. The second-order valence-electron chi connectivity index (χ2n) is 5.29. The number of hydrogen-bond donors (Lipinski definition) is 0. The quantitative estimate of drug-likeness (QED) is 0.762. The molecule has 0 bridgehead atoms. The maximum atomic E-state index is 11.5. The van der Waals surface area contributed by atoms with E-state index in [0.29, 0.717) is 6.42 Å². The van der Waals surface area contributed by atoms with Gasteiger partial charge in [0, 0.05) is 17.9 Å². The van der Waals surface area contributed by atoms with E-state index in [2.05, 4.69) is 6.92 Å². The van der Waals surface area contributed by atoms with Gasteiger partial charge in [-0.3, -0.25) is 4.79 Å². The van der Waals surface area contributed by atoms with Gasteiger partial charge in [-0.15, -0.1) is 0 Å². The van der Waals surface area contributed by atoms with E-state index < -0.39 is 0 Å². The standard InChI is InChI=1S/C15H16O3/c1-15-6-5-11(16)8-14(15)18-13-4-3-12(17-2)7-10(13)9-15/h3-4,7-8H,5-6,9H2,1-2H3. The predicted octanol–water partition coefficient (Wildman–Crippen LogP) is 2.88. The Morgan fingerprint density at radius 3 is 3.00 bits per heavy atom. The molecule has 0 radical (unpaired) electrons. The minimum atomic E-state index is -0.0483. The van der Waals surface area contributed by atoms with Crippen LogP contribution in [-0.4, -0.2) is 12.9 Å². The molecule has 3 rings (SSSR count). The summed E-state index contributed by atoms with van der Waals surface area (Å²) in [6, 6.07) is 5.81. The third-order valence-electron chi connectivity index (χ3n) is 3.88. The van der Waals surface area contributed by atoms with Crippen molar-refractivity contribution < 1.29 is 14.3 Å². The molecule has 1 aliphatic carbocycles. The van der Waals surface area contributed by atoms with Gasteiger partial charge in [0.15, 0.2) is 5.78 Å². The molecular weight excluding hydrogens is 228 g/mol. The third kappa shape index (κ3) is 1.70. The smallest absolute Gasteiger partial charge is 0.159 e. The third-order valence-corrected chi connectivity index (χ3v) is 3.88. The average molecular weight is 244 g/mol. The normalized spacial score (nSPS) is 25.7. The fourth-order valence-electron chi connectivity index (χ4n) is 2.70. The van der Waals surface area contributed by atoms with Gasteiger partial charge in [-0.05, 0) is 36.6 Å². The lowest BCUT2D eigenvalue weighted by Crippen LogP contribution is -2.33. The van der Waals surface area contributed by atoms with E-state index in [-0.39, 0.29) is 11.2 Å². The van der Waals surface area contributed by atoms with E-state index in [1.807, 2.05) is 18.2 Å². The van der Waals surface area contributed by atoms with Crippen LogP contribution in [0.5, 0.6) is 11.5 Å². The Morgan fingerprint density at radius 1 is 1.39 bits per heavy atom. The molecule has 18 heavy (non-hydrogen) atoms. The van der Waals surface area contributed by atoms with Crippen LogP contribution in [0.4, 0.5) is 0 Å². The number of benzene rings is 1. The van der Waals surface area contributed by atoms with Gasteiger partial charge in [0.1, 0.15) is 17.3 Å². The van der Waals surface area contributed by atoms with Crippen molar-refractivity contribution in [2.45, 2.75) is 26.2 Å².